The normalized spacial score (nSPS) is 44.0. The largest absolute Gasteiger partial charge is 0.393 e. The highest BCUT2D eigenvalue weighted by Gasteiger charge is 2.58. The van der Waals surface area contributed by atoms with Crippen LogP contribution >= 0.6 is 0 Å². The van der Waals surface area contributed by atoms with Crippen LogP contribution in [0, 0.1) is 46.3 Å². The van der Waals surface area contributed by atoms with Gasteiger partial charge in [0.1, 0.15) is 5.78 Å². The Labute approximate surface area is 179 Å². The Kier molecular flexibility index (Phi) is 7.03. The van der Waals surface area contributed by atoms with Gasteiger partial charge < -0.3 is 5.11 Å². The third kappa shape index (κ3) is 4.25. The van der Waals surface area contributed by atoms with E-state index in [0.29, 0.717) is 29.5 Å². The standard InChI is InChI=1S/C27H46O2/c1-7-8-21-23-12-11-22(19(4)10-9-18(2)3)26(23,5)16-14-24(21)27(6)15-13-20(28)17-25(27)29/h7,18-24,28H,1,8-17H2,2-6H3/t19-,20+,21?,22-,23?,24?,26-,27-/m1/s1. The molecule has 8 atom stereocenters. The van der Waals surface area contributed by atoms with Crippen molar-refractivity contribution in [1.82, 2.24) is 0 Å². The van der Waals surface area contributed by atoms with Gasteiger partial charge in [-0.3, -0.25) is 4.79 Å². The van der Waals surface area contributed by atoms with Crippen molar-refractivity contribution in [3.63, 3.8) is 0 Å². The maximum Gasteiger partial charge on any atom is 0.141 e. The lowest BCUT2D eigenvalue weighted by atomic mass is 9.49. The van der Waals surface area contributed by atoms with Crippen molar-refractivity contribution in [3.05, 3.63) is 12.7 Å². The van der Waals surface area contributed by atoms with Crippen LogP contribution < -0.4 is 0 Å². The van der Waals surface area contributed by atoms with E-state index < -0.39 is 6.10 Å². The van der Waals surface area contributed by atoms with Crippen molar-refractivity contribution in [2.45, 2.75) is 105 Å². The van der Waals surface area contributed by atoms with E-state index in [9.17, 15) is 9.90 Å². The minimum Gasteiger partial charge on any atom is -0.393 e. The zero-order valence-corrected chi connectivity index (χ0v) is 19.8. The molecule has 3 aliphatic carbocycles. The number of Topliss-reactive ketones (excluding diaryl/α,β-unsaturated/α-hetero) is 1. The van der Waals surface area contributed by atoms with Crippen molar-refractivity contribution in [3.8, 4) is 0 Å². The molecule has 2 nitrogen and oxygen atoms in total. The van der Waals surface area contributed by atoms with Crippen LogP contribution in [-0.2, 0) is 4.79 Å². The number of aliphatic hydroxyl groups is 1. The zero-order chi connectivity index (χ0) is 21.4. The van der Waals surface area contributed by atoms with E-state index in [1.165, 1.54) is 38.5 Å². The predicted octanol–water partition coefficient (Wildman–Crippen LogP) is 6.81. The summed E-state index contributed by atoms with van der Waals surface area (Å²) in [6.45, 7) is 16.1. The minimum atomic E-state index is -0.417. The summed E-state index contributed by atoms with van der Waals surface area (Å²) in [5.74, 6) is 4.51. The van der Waals surface area contributed by atoms with E-state index in [1.807, 2.05) is 0 Å². The van der Waals surface area contributed by atoms with Gasteiger partial charge in [0.15, 0.2) is 0 Å². The molecular weight excluding hydrogens is 356 g/mol. The second-order valence-corrected chi connectivity index (χ2v) is 11.8. The number of carbonyl (C=O) groups excluding carboxylic acids is 1. The highest BCUT2D eigenvalue weighted by Crippen LogP contribution is 2.64. The molecule has 0 aromatic carbocycles. The quantitative estimate of drug-likeness (QED) is 0.475. The van der Waals surface area contributed by atoms with Gasteiger partial charge in [0.2, 0.25) is 0 Å². The lowest BCUT2D eigenvalue weighted by Crippen LogP contribution is -2.51. The Bertz CT molecular complexity index is 595. The summed E-state index contributed by atoms with van der Waals surface area (Å²) in [6.07, 6.45) is 12.6. The Morgan fingerprint density at radius 2 is 1.79 bits per heavy atom. The topological polar surface area (TPSA) is 37.3 Å². The van der Waals surface area contributed by atoms with E-state index in [0.717, 1.165) is 42.9 Å². The molecule has 0 amide bonds. The molecule has 1 N–H and O–H groups in total. The van der Waals surface area contributed by atoms with Gasteiger partial charge in [-0.25, -0.2) is 0 Å². The first-order chi connectivity index (χ1) is 13.6. The fourth-order valence-corrected chi connectivity index (χ4v) is 7.92. The molecule has 0 spiro atoms. The summed E-state index contributed by atoms with van der Waals surface area (Å²) >= 11 is 0. The van der Waals surface area contributed by atoms with E-state index in [2.05, 4.69) is 47.3 Å². The molecule has 3 unspecified atom stereocenters. The van der Waals surface area contributed by atoms with Gasteiger partial charge in [-0.05, 0) is 85.9 Å². The molecule has 0 radical (unpaired) electrons. The van der Waals surface area contributed by atoms with Crippen molar-refractivity contribution in [1.29, 1.82) is 0 Å². The monoisotopic (exact) mass is 402 g/mol. The summed E-state index contributed by atoms with van der Waals surface area (Å²) in [7, 11) is 0. The lowest BCUT2D eigenvalue weighted by molar-refractivity contribution is -0.145. The van der Waals surface area contributed by atoms with Gasteiger partial charge in [-0.2, -0.15) is 0 Å². The molecule has 3 aliphatic rings. The van der Waals surface area contributed by atoms with Gasteiger partial charge >= 0.3 is 0 Å². The highest BCUT2D eigenvalue weighted by atomic mass is 16.3. The Morgan fingerprint density at radius 3 is 2.41 bits per heavy atom. The number of allylic oxidation sites excluding steroid dienone is 1. The van der Waals surface area contributed by atoms with E-state index in [4.69, 9.17) is 0 Å². The SMILES string of the molecule is C=CCC1C([C@@]2(C)CC[C@H](O)CC2=O)CC[C@@]2(C)C1CC[C@@H]2[C@H](C)CCC(C)C. The third-order valence-electron chi connectivity index (χ3n) is 9.71. The number of hydrogen-bond acceptors (Lipinski definition) is 2. The van der Waals surface area contributed by atoms with Crippen molar-refractivity contribution in [2.75, 3.05) is 0 Å². The van der Waals surface area contributed by atoms with Crippen LogP contribution in [0.4, 0.5) is 0 Å². The van der Waals surface area contributed by atoms with Crippen LogP contribution in [0.3, 0.4) is 0 Å². The third-order valence-corrected chi connectivity index (χ3v) is 9.71. The number of fused-ring (bicyclic) bond motifs is 1. The molecule has 166 valence electrons. The van der Waals surface area contributed by atoms with Gasteiger partial charge in [0.25, 0.3) is 0 Å². The number of carbonyl (C=O) groups is 1. The van der Waals surface area contributed by atoms with Gasteiger partial charge in [0, 0.05) is 11.8 Å². The first-order valence-electron chi connectivity index (χ1n) is 12.5. The molecule has 0 bridgehead atoms. The van der Waals surface area contributed by atoms with E-state index in [-0.39, 0.29) is 5.41 Å². The average Bonchev–Trinajstić information content (AvgIpc) is 3.01. The molecule has 0 saturated heterocycles. The van der Waals surface area contributed by atoms with Crippen molar-refractivity contribution < 1.29 is 9.90 Å². The fraction of sp³-hybridized carbons (Fsp3) is 0.889. The maximum atomic E-state index is 13.1. The molecule has 3 saturated carbocycles. The van der Waals surface area contributed by atoms with Gasteiger partial charge in [-0.1, -0.05) is 53.5 Å². The van der Waals surface area contributed by atoms with Crippen molar-refractivity contribution in [2.24, 2.45) is 46.3 Å². The maximum absolute atomic E-state index is 13.1. The lowest BCUT2D eigenvalue weighted by Gasteiger charge is -2.55. The number of ketones is 1. The van der Waals surface area contributed by atoms with Crippen LogP contribution in [0.25, 0.3) is 0 Å². The summed E-state index contributed by atoms with van der Waals surface area (Å²) in [4.78, 5) is 13.1. The number of aliphatic hydroxyl groups excluding tert-OH is 1. The summed E-state index contributed by atoms with van der Waals surface area (Å²) in [5.41, 5.74) is 0.184. The zero-order valence-electron chi connectivity index (χ0n) is 19.8. The Morgan fingerprint density at radius 1 is 1.07 bits per heavy atom. The van der Waals surface area contributed by atoms with Gasteiger partial charge in [0.05, 0.1) is 6.10 Å². The molecule has 3 rings (SSSR count). The van der Waals surface area contributed by atoms with E-state index >= 15 is 0 Å². The van der Waals surface area contributed by atoms with Crippen LogP contribution in [-0.4, -0.2) is 17.0 Å². The predicted molar refractivity (Wildman–Crippen MR) is 122 cm³/mol. The molecule has 29 heavy (non-hydrogen) atoms. The first-order valence-corrected chi connectivity index (χ1v) is 12.5. The molecule has 0 heterocycles. The molecule has 2 heteroatoms. The molecule has 0 aromatic rings. The Balaban J connectivity index is 1.82. The van der Waals surface area contributed by atoms with Gasteiger partial charge in [-0.15, -0.1) is 6.58 Å². The Hall–Kier alpha value is -0.630. The van der Waals surface area contributed by atoms with Crippen LogP contribution in [0.5, 0.6) is 0 Å². The summed E-state index contributed by atoms with van der Waals surface area (Å²) in [6, 6.07) is 0. The van der Waals surface area contributed by atoms with Crippen molar-refractivity contribution >= 4 is 5.78 Å². The minimum absolute atomic E-state index is 0.240. The van der Waals surface area contributed by atoms with E-state index in [1.54, 1.807) is 0 Å². The average molecular weight is 403 g/mol. The fourth-order valence-electron chi connectivity index (χ4n) is 7.92. The number of rotatable bonds is 7. The highest BCUT2D eigenvalue weighted by molar-refractivity contribution is 5.86. The smallest absolute Gasteiger partial charge is 0.141 e. The van der Waals surface area contributed by atoms with Crippen LogP contribution in [0.1, 0.15) is 98.8 Å². The molecule has 0 aromatic heterocycles. The second kappa shape index (κ2) is 8.85. The second-order valence-electron chi connectivity index (χ2n) is 11.8. The summed E-state index contributed by atoms with van der Waals surface area (Å²) < 4.78 is 0. The van der Waals surface area contributed by atoms with Crippen LogP contribution in [0.2, 0.25) is 0 Å². The van der Waals surface area contributed by atoms with Crippen LogP contribution in [0.15, 0.2) is 12.7 Å². The first kappa shape index (κ1) is 23.0. The molecule has 0 aliphatic heterocycles. The molecular formula is C27H46O2. The molecule has 3 fully saturated rings. The number of hydrogen-bond donors (Lipinski definition) is 1. The summed E-state index contributed by atoms with van der Waals surface area (Å²) in [5, 5.41) is 10.0.